The number of methoxy groups -OCH3 is 1. The van der Waals surface area contributed by atoms with Crippen LogP contribution in [0, 0.1) is 15.9 Å². The average Bonchev–Trinajstić information content (AvgIpc) is 3.10. The van der Waals surface area contributed by atoms with Crippen molar-refractivity contribution < 1.29 is 14.1 Å². The molecule has 25 heavy (non-hydrogen) atoms. The number of aromatic nitrogens is 3. The molecule has 134 valence electrons. The fraction of sp³-hybridized carbons (Fsp3) is 0.500. The molecule has 1 saturated heterocycles. The molecule has 0 saturated carbocycles. The van der Waals surface area contributed by atoms with Crippen LogP contribution in [-0.4, -0.2) is 39.9 Å². The van der Waals surface area contributed by atoms with Crippen LogP contribution in [0.5, 0.6) is 5.75 Å². The summed E-state index contributed by atoms with van der Waals surface area (Å²) >= 11 is 0. The van der Waals surface area contributed by atoms with E-state index in [2.05, 4.69) is 10.2 Å². The van der Waals surface area contributed by atoms with Crippen molar-refractivity contribution >= 4 is 11.4 Å². The summed E-state index contributed by atoms with van der Waals surface area (Å²) in [6, 6.07) is 2.33. The van der Waals surface area contributed by atoms with E-state index in [-0.39, 0.29) is 17.4 Å². The Morgan fingerprint density at radius 2 is 2.28 bits per heavy atom. The summed E-state index contributed by atoms with van der Waals surface area (Å²) in [5, 5.41) is 19.6. The Labute approximate surface area is 144 Å². The number of hydrogen-bond donors (Lipinski definition) is 0. The maximum atomic E-state index is 13.9. The van der Waals surface area contributed by atoms with Gasteiger partial charge < -0.3 is 14.2 Å². The molecule has 1 aromatic heterocycles. The normalized spacial score (nSPS) is 17.6. The zero-order valence-corrected chi connectivity index (χ0v) is 14.2. The fourth-order valence-corrected chi connectivity index (χ4v) is 3.32. The average molecular weight is 349 g/mol. The summed E-state index contributed by atoms with van der Waals surface area (Å²) in [5.41, 5.74) is 0.117. The molecule has 1 aromatic carbocycles. The standard InChI is InChI=1S/C16H20FN5O3/c1-3-20-10-18-19-16(20)11-5-4-6-21(9-11)13-8-15(25-2)12(17)7-14(13)22(23)24/h7-8,10-11H,3-6,9H2,1-2H3/t11-/m1/s1. The van der Waals surface area contributed by atoms with Crippen molar-refractivity contribution in [2.75, 3.05) is 25.1 Å². The van der Waals surface area contributed by atoms with E-state index in [0.29, 0.717) is 18.8 Å². The lowest BCUT2D eigenvalue weighted by Gasteiger charge is -2.33. The van der Waals surface area contributed by atoms with E-state index in [1.54, 1.807) is 6.33 Å². The lowest BCUT2D eigenvalue weighted by molar-refractivity contribution is -0.384. The lowest BCUT2D eigenvalue weighted by Crippen LogP contribution is -2.35. The molecule has 2 aromatic rings. The summed E-state index contributed by atoms with van der Waals surface area (Å²) in [7, 11) is 1.34. The molecule has 0 radical (unpaired) electrons. The highest BCUT2D eigenvalue weighted by Gasteiger charge is 2.30. The molecule has 0 aliphatic carbocycles. The van der Waals surface area contributed by atoms with Gasteiger partial charge in [0.1, 0.15) is 17.8 Å². The topological polar surface area (TPSA) is 86.3 Å². The van der Waals surface area contributed by atoms with Crippen molar-refractivity contribution in [2.24, 2.45) is 0 Å². The van der Waals surface area contributed by atoms with Crippen molar-refractivity contribution in [1.82, 2.24) is 14.8 Å². The summed E-state index contributed by atoms with van der Waals surface area (Å²) < 4.78 is 20.9. The smallest absolute Gasteiger partial charge is 0.295 e. The maximum absolute atomic E-state index is 13.9. The first-order valence-corrected chi connectivity index (χ1v) is 8.19. The van der Waals surface area contributed by atoms with Gasteiger partial charge in [-0.05, 0) is 19.8 Å². The van der Waals surface area contributed by atoms with Crippen LogP contribution in [-0.2, 0) is 6.54 Å². The molecule has 1 fully saturated rings. The van der Waals surface area contributed by atoms with Crippen LogP contribution in [0.1, 0.15) is 31.5 Å². The Morgan fingerprint density at radius 1 is 1.48 bits per heavy atom. The number of benzene rings is 1. The van der Waals surface area contributed by atoms with Gasteiger partial charge in [0, 0.05) is 31.6 Å². The number of nitro benzene ring substituents is 1. The number of hydrogen-bond acceptors (Lipinski definition) is 6. The lowest BCUT2D eigenvalue weighted by atomic mass is 9.96. The summed E-state index contributed by atoms with van der Waals surface area (Å²) in [5.74, 6) is 0.257. The van der Waals surface area contributed by atoms with Crippen LogP contribution in [0.2, 0.25) is 0 Å². The van der Waals surface area contributed by atoms with Gasteiger partial charge in [0.2, 0.25) is 0 Å². The van der Waals surface area contributed by atoms with Crippen LogP contribution < -0.4 is 9.64 Å². The quantitative estimate of drug-likeness (QED) is 0.609. The van der Waals surface area contributed by atoms with Gasteiger partial charge in [0.25, 0.3) is 5.69 Å². The van der Waals surface area contributed by atoms with Gasteiger partial charge in [0.05, 0.1) is 18.1 Å². The van der Waals surface area contributed by atoms with E-state index in [0.717, 1.165) is 31.3 Å². The SMILES string of the molecule is CCn1cnnc1[C@@H]1CCCN(c2cc(OC)c(F)cc2[N+](=O)[O-])C1. The first-order valence-electron chi connectivity index (χ1n) is 8.19. The second-order valence-corrected chi connectivity index (χ2v) is 5.99. The molecular formula is C16H20FN5O3. The zero-order valence-electron chi connectivity index (χ0n) is 14.2. The maximum Gasteiger partial charge on any atom is 0.295 e. The van der Waals surface area contributed by atoms with Crippen LogP contribution in [0.3, 0.4) is 0 Å². The highest BCUT2D eigenvalue weighted by Crippen LogP contribution is 2.38. The highest BCUT2D eigenvalue weighted by atomic mass is 19.1. The predicted molar refractivity (Wildman–Crippen MR) is 89.5 cm³/mol. The van der Waals surface area contributed by atoms with Crippen molar-refractivity contribution in [2.45, 2.75) is 32.2 Å². The third-order valence-electron chi connectivity index (χ3n) is 4.56. The number of halogens is 1. The molecule has 0 bridgehead atoms. The highest BCUT2D eigenvalue weighted by molar-refractivity contribution is 5.66. The van der Waals surface area contributed by atoms with Gasteiger partial charge in [-0.1, -0.05) is 0 Å². The van der Waals surface area contributed by atoms with Crippen LogP contribution in [0.15, 0.2) is 18.5 Å². The van der Waals surface area contributed by atoms with Gasteiger partial charge in [0.15, 0.2) is 11.6 Å². The number of ether oxygens (including phenoxy) is 1. The second kappa shape index (κ2) is 7.04. The number of rotatable bonds is 5. The first-order chi connectivity index (χ1) is 12.0. The van der Waals surface area contributed by atoms with E-state index in [4.69, 9.17) is 4.74 Å². The molecule has 0 N–H and O–H groups in total. The van der Waals surface area contributed by atoms with E-state index in [9.17, 15) is 14.5 Å². The Balaban J connectivity index is 1.94. The molecule has 8 nitrogen and oxygen atoms in total. The molecular weight excluding hydrogens is 329 g/mol. The van der Waals surface area contributed by atoms with Gasteiger partial charge in [-0.25, -0.2) is 4.39 Å². The van der Waals surface area contributed by atoms with Crippen molar-refractivity contribution in [3.8, 4) is 5.75 Å². The number of nitro groups is 1. The third-order valence-corrected chi connectivity index (χ3v) is 4.56. The minimum Gasteiger partial charge on any atom is -0.494 e. The van der Waals surface area contributed by atoms with Crippen LogP contribution >= 0.6 is 0 Å². The molecule has 9 heteroatoms. The van der Waals surface area contributed by atoms with E-state index in [1.165, 1.54) is 13.2 Å². The summed E-state index contributed by atoms with van der Waals surface area (Å²) in [6.45, 7) is 4.01. The van der Waals surface area contributed by atoms with Gasteiger partial charge in [-0.2, -0.15) is 0 Å². The first kappa shape index (κ1) is 17.1. The Kier molecular flexibility index (Phi) is 4.82. The molecule has 0 amide bonds. The molecule has 0 spiro atoms. The third kappa shape index (κ3) is 3.26. The number of anilines is 1. The monoisotopic (exact) mass is 349 g/mol. The van der Waals surface area contributed by atoms with Crippen LogP contribution in [0.4, 0.5) is 15.8 Å². The van der Waals surface area contributed by atoms with Crippen molar-refractivity contribution in [3.63, 3.8) is 0 Å². The number of piperidine rings is 1. The largest absolute Gasteiger partial charge is 0.494 e. The minimum atomic E-state index is -0.739. The zero-order chi connectivity index (χ0) is 18.0. The summed E-state index contributed by atoms with van der Waals surface area (Å²) in [6.07, 6.45) is 3.48. The fourth-order valence-electron chi connectivity index (χ4n) is 3.32. The number of nitrogens with zero attached hydrogens (tertiary/aromatic N) is 5. The minimum absolute atomic E-state index is 0.000511. The van der Waals surface area contributed by atoms with Gasteiger partial charge in [-0.3, -0.25) is 10.1 Å². The summed E-state index contributed by atoms with van der Waals surface area (Å²) in [4.78, 5) is 12.7. The molecule has 2 heterocycles. The van der Waals surface area contributed by atoms with Crippen LogP contribution in [0.25, 0.3) is 0 Å². The second-order valence-electron chi connectivity index (χ2n) is 5.99. The molecule has 1 atom stereocenters. The Hall–Kier alpha value is -2.71. The van der Waals surface area contributed by atoms with Crippen molar-refractivity contribution in [3.05, 3.63) is 40.2 Å². The molecule has 0 unspecified atom stereocenters. The Bertz CT molecular complexity index is 779. The van der Waals surface area contributed by atoms with Gasteiger partial charge in [-0.15, -0.1) is 10.2 Å². The van der Waals surface area contributed by atoms with E-state index in [1.807, 2.05) is 16.4 Å². The van der Waals surface area contributed by atoms with E-state index < -0.39 is 10.7 Å². The predicted octanol–water partition coefficient (Wildman–Crippen LogP) is 2.74. The molecule has 3 rings (SSSR count). The Morgan fingerprint density at radius 3 is 2.96 bits per heavy atom. The molecule has 1 aliphatic heterocycles. The van der Waals surface area contributed by atoms with Crippen molar-refractivity contribution in [1.29, 1.82) is 0 Å². The molecule has 1 aliphatic rings. The number of aryl methyl sites for hydroxylation is 1. The van der Waals surface area contributed by atoms with E-state index >= 15 is 0 Å². The van der Waals surface area contributed by atoms with Gasteiger partial charge >= 0.3 is 0 Å².